The van der Waals surface area contributed by atoms with Crippen molar-refractivity contribution >= 4 is 40.8 Å². The quantitative estimate of drug-likeness (QED) is 0.193. The highest BCUT2D eigenvalue weighted by Gasteiger charge is 2.26. The fraction of sp³-hybridized carbons (Fsp3) is 0.385. The number of aromatic amines is 1. The second kappa shape index (κ2) is 13.9. The lowest BCUT2D eigenvalue weighted by Crippen LogP contribution is -2.38. The molecule has 0 spiro atoms. The predicted octanol–water partition coefficient (Wildman–Crippen LogP) is 3.51. The minimum atomic E-state index is -1.02. The fourth-order valence-electron chi connectivity index (χ4n) is 3.71. The molecule has 0 saturated carbocycles. The van der Waals surface area contributed by atoms with Crippen LogP contribution >= 0.6 is 0 Å². The summed E-state index contributed by atoms with van der Waals surface area (Å²) >= 11 is 0. The van der Waals surface area contributed by atoms with Gasteiger partial charge in [-0.25, -0.2) is 28.4 Å². The molecule has 2 amide bonds. The monoisotopic (exact) mass is 557 g/mol. The molecular formula is C26H29F2N7O5. The largest absolute Gasteiger partial charge is 0.460 e. The fourth-order valence-corrected chi connectivity index (χ4v) is 3.71. The van der Waals surface area contributed by atoms with Crippen LogP contribution in [0, 0.1) is 23.0 Å². The number of nitrogens with one attached hydrogen (secondary N) is 2. The smallest absolute Gasteiger partial charge is 0.416 e. The van der Waals surface area contributed by atoms with Gasteiger partial charge in [0.1, 0.15) is 29.5 Å². The maximum Gasteiger partial charge on any atom is 0.416 e. The van der Waals surface area contributed by atoms with E-state index in [4.69, 9.17) is 14.7 Å². The first kappa shape index (κ1) is 29.9. The molecule has 3 rings (SSSR count). The van der Waals surface area contributed by atoms with Gasteiger partial charge in [-0.05, 0) is 25.6 Å². The number of H-pyrrole nitrogens is 1. The third-order valence-corrected chi connectivity index (χ3v) is 5.80. The van der Waals surface area contributed by atoms with Crippen LogP contribution in [-0.2, 0) is 25.7 Å². The summed E-state index contributed by atoms with van der Waals surface area (Å²) in [6, 6.07) is 5.51. The number of imidazole rings is 1. The third-order valence-electron chi connectivity index (χ3n) is 5.80. The molecule has 0 aliphatic rings. The van der Waals surface area contributed by atoms with Gasteiger partial charge in [-0.15, -0.1) is 0 Å². The van der Waals surface area contributed by atoms with E-state index < -0.39 is 52.9 Å². The number of rotatable bonds is 12. The number of carbonyl (C=O) groups is 3. The molecular weight excluding hydrogens is 528 g/mol. The van der Waals surface area contributed by atoms with Gasteiger partial charge in [-0.3, -0.25) is 14.5 Å². The van der Waals surface area contributed by atoms with E-state index in [1.165, 1.54) is 13.2 Å². The van der Waals surface area contributed by atoms with E-state index in [1.54, 1.807) is 25.2 Å². The number of esters is 1. The number of ether oxygens (including phenoxy) is 2. The van der Waals surface area contributed by atoms with Crippen LogP contribution < -0.4 is 15.1 Å². The minimum absolute atomic E-state index is 0.00299. The number of anilines is 2. The number of likely N-dealkylation sites (N-methyl/N-ethyl adjacent to an activating group) is 1. The minimum Gasteiger partial charge on any atom is -0.460 e. The summed E-state index contributed by atoms with van der Waals surface area (Å²) in [4.78, 5) is 50.5. The van der Waals surface area contributed by atoms with Crippen LogP contribution in [0.15, 0.2) is 24.4 Å². The molecule has 2 heterocycles. The van der Waals surface area contributed by atoms with Gasteiger partial charge in [0.2, 0.25) is 11.9 Å². The van der Waals surface area contributed by atoms with Gasteiger partial charge in [-0.2, -0.15) is 5.26 Å². The molecule has 0 aliphatic carbocycles. The second-order valence-electron chi connectivity index (χ2n) is 8.67. The number of unbranched alkanes of at least 4 members (excludes halogenated alkanes) is 2. The normalized spacial score (nSPS) is 10.7. The Kier molecular flexibility index (Phi) is 10.4. The van der Waals surface area contributed by atoms with Crippen LogP contribution in [0.25, 0.3) is 11.0 Å². The van der Waals surface area contributed by atoms with Gasteiger partial charge in [0.15, 0.2) is 18.4 Å². The van der Waals surface area contributed by atoms with E-state index in [2.05, 4.69) is 20.3 Å². The lowest BCUT2D eigenvalue weighted by atomic mass is 10.2. The zero-order chi connectivity index (χ0) is 29.2. The van der Waals surface area contributed by atoms with Crippen molar-refractivity contribution in [3.8, 4) is 6.07 Å². The molecule has 1 aromatic carbocycles. The highest BCUT2D eigenvalue weighted by atomic mass is 19.1. The first-order chi connectivity index (χ1) is 19.2. The van der Waals surface area contributed by atoms with Gasteiger partial charge in [0.05, 0.1) is 12.1 Å². The van der Waals surface area contributed by atoms with Crippen molar-refractivity contribution in [2.75, 3.05) is 37.2 Å². The highest BCUT2D eigenvalue weighted by molar-refractivity contribution is 5.94. The number of hydrogen-bond acceptors (Lipinski definition) is 9. The molecule has 3 aromatic rings. The number of pyridine rings is 1. The molecule has 212 valence electrons. The number of carbonyl (C=O) groups excluding carboxylic acids is 3. The van der Waals surface area contributed by atoms with Gasteiger partial charge in [0, 0.05) is 25.2 Å². The lowest BCUT2D eigenvalue weighted by Gasteiger charge is -2.23. The summed E-state index contributed by atoms with van der Waals surface area (Å²) in [5, 5.41) is 11.7. The van der Waals surface area contributed by atoms with E-state index in [0.29, 0.717) is 18.1 Å². The van der Waals surface area contributed by atoms with Gasteiger partial charge >= 0.3 is 12.1 Å². The second-order valence-corrected chi connectivity index (χ2v) is 8.67. The number of nitrogens with zero attached hydrogens (tertiary/aromatic N) is 5. The van der Waals surface area contributed by atoms with Crippen LogP contribution in [0.5, 0.6) is 0 Å². The van der Waals surface area contributed by atoms with Gasteiger partial charge in [0.25, 0.3) is 0 Å². The zero-order valence-electron chi connectivity index (χ0n) is 22.3. The molecule has 0 radical (unpaired) electrons. The van der Waals surface area contributed by atoms with E-state index >= 15 is 0 Å². The SMILES string of the molecule is CCCCCC(=O)N(COC(=O)N(C)c1ncccc1COC(=O)CNC)c1nc2c(F)cc(C#N)c(F)c2[nH]1. The average Bonchev–Trinajstić information content (AvgIpc) is 3.40. The molecule has 0 unspecified atom stereocenters. The number of aromatic nitrogens is 3. The van der Waals surface area contributed by atoms with Crippen LogP contribution in [0.2, 0.25) is 0 Å². The van der Waals surface area contributed by atoms with Crippen molar-refractivity contribution in [2.45, 2.75) is 39.2 Å². The molecule has 40 heavy (non-hydrogen) atoms. The number of halogens is 2. The van der Waals surface area contributed by atoms with Crippen molar-refractivity contribution in [1.82, 2.24) is 20.3 Å². The maximum atomic E-state index is 14.7. The van der Waals surface area contributed by atoms with Crippen LogP contribution in [0.1, 0.15) is 43.7 Å². The summed E-state index contributed by atoms with van der Waals surface area (Å²) in [7, 11) is 2.98. The number of hydrogen-bond donors (Lipinski definition) is 2. The van der Waals surface area contributed by atoms with E-state index in [9.17, 15) is 23.2 Å². The van der Waals surface area contributed by atoms with E-state index in [0.717, 1.165) is 22.6 Å². The molecule has 14 heteroatoms. The van der Waals surface area contributed by atoms with Gasteiger partial charge in [-0.1, -0.05) is 25.8 Å². The Bertz CT molecular complexity index is 1420. The summed E-state index contributed by atoms with van der Waals surface area (Å²) in [5.41, 5.74) is -0.910. The van der Waals surface area contributed by atoms with Crippen molar-refractivity contribution in [3.05, 3.63) is 47.2 Å². The first-order valence-electron chi connectivity index (χ1n) is 12.4. The number of nitriles is 1. The van der Waals surface area contributed by atoms with E-state index in [1.807, 2.05) is 6.92 Å². The molecule has 0 saturated heterocycles. The Morgan fingerprint density at radius 1 is 1.23 bits per heavy atom. The Balaban J connectivity index is 1.83. The molecule has 2 aromatic heterocycles. The molecule has 0 atom stereocenters. The Hall–Kier alpha value is -4.64. The average molecular weight is 558 g/mol. The Labute approximate surface area is 228 Å². The van der Waals surface area contributed by atoms with Crippen LogP contribution in [-0.4, -0.2) is 60.3 Å². The molecule has 0 bridgehead atoms. The number of amides is 2. The van der Waals surface area contributed by atoms with Crippen molar-refractivity contribution in [1.29, 1.82) is 5.26 Å². The Morgan fingerprint density at radius 2 is 2.00 bits per heavy atom. The van der Waals surface area contributed by atoms with Crippen LogP contribution in [0.3, 0.4) is 0 Å². The first-order valence-corrected chi connectivity index (χ1v) is 12.4. The third kappa shape index (κ3) is 7.06. The molecule has 0 aliphatic heterocycles. The summed E-state index contributed by atoms with van der Waals surface area (Å²) in [6.45, 7) is 1.18. The van der Waals surface area contributed by atoms with Crippen LogP contribution in [0.4, 0.5) is 25.3 Å². The summed E-state index contributed by atoms with van der Waals surface area (Å²) in [6.07, 6.45) is 2.74. The standard InChI is InChI=1S/C26H29F2N7O5/c1-4-5-6-9-19(36)35(25-32-22-18(27)11-17(12-29)21(28)23(22)33-25)15-40-26(38)34(3)24-16(8-7-10-31-24)14-39-20(37)13-30-2/h7-8,10-11,30H,4-6,9,13-15H2,1-3H3,(H,32,33). The summed E-state index contributed by atoms with van der Waals surface area (Å²) in [5.74, 6) is -3.08. The zero-order valence-corrected chi connectivity index (χ0v) is 22.3. The molecule has 12 nitrogen and oxygen atoms in total. The van der Waals surface area contributed by atoms with Crippen molar-refractivity contribution in [2.24, 2.45) is 0 Å². The maximum absolute atomic E-state index is 14.7. The Morgan fingerprint density at radius 3 is 2.70 bits per heavy atom. The predicted molar refractivity (Wildman–Crippen MR) is 140 cm³/mol. The van der Waals surface area contributed by atoms with Crippen molar-refractivity contribution < 1.29 is 32.6 Å². The number of fused-ring (bicyclic) bond motifs is 1. The molecule has 0 fully saturated rings. The van der Waals surface area contributed by atoms with Gasteiger partial charge < -0.3 is 19.8 Å². The topological polar surface area (TPSA) is 154 Å². The van der Waals surface area contributed by atoms with E-state index in [-0.39, 0.29) is 31.3 Å². The number of benzene rings is 1. The lowest BCUT2D eigenvalue weighted by molar-refractivity contribution is -0.143. The summed E-state index contributed by atoms with van der Waals surface area (Å²) < 4.78 is 39.7. The highest BCUT2D eigenvalue weighted by Crippen LogP contribution is 2.26. The molecule has 2 N–H and O–H groups in total. The van der Waals surface area contributed by atoms with Crippen molar-refractivity contribution in [3.63, 3.8) is 0 Å².